The quantitative estimate of drug-likeness (QED) is 0.462. The van der Waals surface area contributed by atoms with Gasteiger partial charge in [-0.25, -0.2) is 0 Å². The van der Waals surface area contributed by atoms with Crippen LogP contribution in [0.2, 0.25) is 0 Å². The lowest BCUT2D eigenvalue weighted by Gasteiger charge is -2.10. The molecule has 2 heterocycles. The Morgan fingerprint density at radius 2 is 0.958 bits per heavy atom. The summed E-state index contributed by atoms with van der Waals surface area (Å²) in [6, 6.07) is 6.88. The average Bonchev–Trinajstić information content (AvgIpc) is 2.52. The van der Waals surface area contributed by atoms with Gasteiger partial charge in [-0.3, -0.25) is 9.13 Å². The Labute approximate surface area is 139 Å². The first-order valence-corrected chi connectivity index (χ1v) is 10.5. The van der Waals surface area contributed by atoms with E-state index in [0.717, 1.165) is 11.1 Å². The number of pyridine rings is 2. The minimum atomic E-state index is -4.21. The maximum Gasteiger partial charge on any atom is 0.392 e. The molecule has 0 bridgehead atoms. The Hall–Kier alpha value is -1.40. The van der Waals surface area contributed by atoms with E-state index in [-0.39, 0.29) is 0 Å². The fourth-order valence-electron chi connectivity index (χ4n) is 2.11. The van der Waals surface area contributed by atoms with Crippen molar-refractivity contribution in [1.82, 2.24) is 0 Å². The van der Waals surface area contributed by atoms with Crippen molar-refractivity contribution in [1.29, 1.82) is 0 Å². The van der Waals surface area contributed by atoms with Crippen molar-refractivity contribution in [3.8, 4) is 11.1 Å². The van der Waals surface area contributed by atoms with Crippen LogP contribution in [0.3, 0.4) is 0 Å². The van der Waals surface area contributed by atoms with E-state index in [0.29, 0.717) is 0 Å². The molecule has 24 heavy (non-hydrogen) atoms. The maximum absolute atomic E-state index is 11.3. The summed E-state index contributed by atoms with van der Waals surface area (Å²) in [5, 5.41) is 0. The average molecular weight is 374 g/mol. The minimum Gasteiger partial charge on any atom is -0.320 e. The third-order valence-electron chi connectivity index (χ3n) is 3.87. The number of aromatic nitrogens is 2. The highest BCUT2D eigenvalue weighted by Crippen LogP contribution is 2.45. The smallest absolute Gasteiger partial charge is 0.320 e. The highest BCUT2D eigenvalue weighted by atomic mass is 31.2. The predicted molar refractivity (Wildman–Crippen MR) is 85.8 cm³/mol. The van der Waals surface area contributed by atoms with Gasteiger partial charge in [-0.1, -0.05) is 0 Å². The van der Waals surface area contributed by atoms with Gasteiger partial charge in [0.15, 0.2) is 24.8 Å². The van der Waals surface area contributed by atoms with Gasteiger partial charge in [0.2, 0.25) is 0 Å². The Bertz CT molecular complexity index is 728. The van der Waals surface area contributed by atoms with Crippen molar-refractivity contribution in [2.75, 3.05) is 0 Å². The molecule has 2 atom stereocenters. The van der Waals surface area contributed by atoms with Crippen molar-refractivity contribution in [3.05, 3.63) is 49.1 Å². The molecular formula is C14H20N2O6P2+2. The lowest BCUT2D eigenvalue weighted by atomic mass is 10.1. The lowest BCUT2D eigenvalue weighted by molar-refractivity contribution is -0.701. The van der Waals surface area contributed by atoms with Crippen molar-refractivity contribution in [2.24, 2.45) is 0 Å². The van der Waals surface area contributed by atoms with E-state index in [9.17, 15) is 28.7 Å². The molecule has 2 unspecified atom stereocenters. The van der Waals surface area contributed by atoms with Crippen LogP contribution in [-0.4, -0.2) is 19.6 Å². The van der Waals surface area contributed by atoms with Crippen LogP contribution < -0.4 is 9.13 Å². The number of rotatable bonds is 5. The molecule has 2 aromatic heterocycles. The fraction of sp³-hybridized carbons (Fsp3) is 0.286. The zero-order chi connectivity index (χ0) is 18.1. The SMILES string of the molecule is CC([n+]1ccc(-c2cc[n+](C(C)P(=O)(O)O)cc2)cc1)P(=O)(O)O. The number of hydrogen-bond acceptors (Lipinski definition) is 2. The van der Waals surface area contributed by atoms with Gasteiger partial charge in [0.25, 0.3) is 11.6 Å². The first kappa shape index (κ1) is 18.9. The van der Waals surface area contributed by atoms with Crippen LogP contribution in [0.15, 0.2) is 49.1 Å². The second-order valence-electron chi connectivity index (χ2n) is 5.51. The van der Waals surface area contributed by atoms with Crippen molar-refractivity contribution in [3.63, 3.8) is 0 Å². The highest BCUT2D eigenvalue weighted by Gasteiger charge is 2.33. The molecule has 0 aliphatic carbocycles. The topological polar surface area (TPSA) is 123 Å². The lowest BCUT2D eigenvalue weighted by Crippen LogP contribution is -2.37. The predicted octanol–water partition coefficient (Wildman–Crippen LogP) is 1.32. The molecule has 0 fully saturated rings. The molecule has 8 nitrogen and oxygen atoms in total. The van der Waals surface area contributed by atoms with Gasteiger partial charge in [-0.15, -0.1) is 0 Å². The number of hydrogen-bond donors (Lipinski definition) is 4. The summed E-state index contributed by atoms with van der Waals surface area (Å²) in [6.07, 6.45) is 6.33. The van der Waals surface area contributed by atoms with Gasteiger partial charge in [0.05, 0.1) is 0 Å². The largest absolute Gasteiger partial charge is 0.392 e. The van der Waals surface area contributed by atoms with Crippen molar-refractivity contribution >= 4 is 15.2 Å². The summed E-state index contributed by atoms with van der Waals surface area (Å²) in [4.78, 5) is 36.8. The molecule has 4 N–H and O–H groups in total. The van der Waals surface area contributed by atoms with Crippen molar-refractivity contribution < 1.29 is 37.8 Å². The summed E-state index contributed by atoms with van der Waals surface area (Å²) in [7, 11) is -8.43. The number of nitrogens with zero attached hydrogens (tertiary/aromatic N) is 2. The van der Waals surface area contributed by atoms with Crippen LogP contribution in [-0.2, 0) is 9.13 Å². The van der Waals surface area contributed by atoms with Gasteiger partial charge < -0.3 is 19.6 Å². The second kappa shape index (κ2) is 6.84. The highest BCUT2D eigenvalue weighted by molar-refractivity contribution is 7.51. The zero-order valence-electron chi connectivity index (χ0n) is 13.2. The van der Waals surface area contributed by atoms with Crippen LogP contribution in [0, 0.1) is 0 Å². The van der Waals surface area contributed by atoms with Gasteiger partial charge in [0, 0.05) is 38.1 Å². The molecule has 0 saturated carbocycles. The standard InChI is InChI=1S/C14H18N2O6P2/c1-11(23(17,18)19)15-7-3-13(4-8-15)14-5-9-16(10-6-14)12(2)24(20,21)22/h3-12H,1-2H3,(H2-2,17,18,19,20,21,22)/p+2. The normalized spacial score (nSPS) is 15.1. The third kappa shape index (κ3) is 4.36. The van der Waals surface area contributed by atoms with E-state index < -0.39 is 26.8 Å². The second-order valence-corrected chi connectivity index (χ2v) is 9.36. The zero-order valence-corrected chi connectivity index (χ0v) is 15.0. The molecule has 2 aromatic rings. The Morgan fingerprint density at radius 1 is 0.708 bits per heavy atom. The summed E-state index contributed by atoms with van der Waals surface area (Å²) in [6.45, 7) is 2.88. The molecular weight excluding hydrogens is 354 g/mol. The Balaban J connectivity index is 2.24. The molecule has 130 valence electrons. The van der Waals surface area contributed by atoms with Crippen molar-refractivity contribution in [2.45, 2.75) is 25.4 Å². The van der Waals surface area contributed by atoms with E-state index in [1.165, 1.54) is 23.0 Å². The molecule has 0 aliphatic rings. The Morgan fingerprint density at radius 3 is 1.17 bits per heavy atom. The van der Waals surface area contributed by atoms with E-state index in [1.807, 2.05) is 0 Å². The third-order valence-corrected chi connectivity index (χ3v) is 6.36. The molecule has 0 spiro atoms. The molecule has 0 saturated heterocycles. The van der Waals surface area contributed by atoms with Gasteiger partial charge in [0.1, 0.15) is 0 Å². The molecule has 10 heteroatoms. The Kier molecular flexibility index (Phi) is 5.40. The fourth-order valence-corrected chi connectivity index (χ4v) is 3.11. The minimum absolute atomic E-state index is 0.820. The van der Waals surface area contributed by atoms with Gasteiger partial charge in [-0.2, -0.15) is 9.13 Å². The molecule has 2 rings (SSSR count). The molecule has 0 aliphatic heterocycles. The monoisotopic (exact) mass is 374 g/mol. The van der Waals surface area contributed by atoms with E-state index in [1.54, 1.807) is 49.1 Å². The molecule has 0 radical (unpaired) electrons. The first-order chi connectivity index (χ1) is 11.0. The van der Waals surface area contributed by atoms with Gasteiger partial charge >= 0.3 is 15.2 Å². The van der Waals surface area contributed by atoms with Crippen LogP contribution >= 0.6 is 15.2 Å². The molecule has 0 amide bonds. The summed E-state index contributed by atoms with van der Waals surface area (Å²) < 4.78 is 25.4. The van der Waals surface area contributed by atoms with Crippen LogP contribution in [0.5, 0.6) is 0 Å². The summed E-state index contributed by atoms with van der Waals surface area (Å²) >= 11 is 0. The maximum atomic E-state index is 11.3. The molecule has 0 aromatic carbocycles. The van der Waals surface area contributed by atoms with Gasteiger partial charge in [-0.05, 0) is 11.1 Å². The van der Waals surface area contributed by atoms with Crippen LogP contribution in [0.1, 0.15) is 25.4 Å². The van der Waals surface area contributed by atoms with E-state index in [2.05, 4.69) is 0 Å². The van der Waals surface area contributed by atoms with E-state index >= 15 is 0 Å². The summed E-state index contributed by atoms with van der Waals surface area (Å²) in [5.41, 5.74) is 1.64. The first-order valence-electron chi connectivity index (χ1n) is 7.12. The van der Waals surface area contributed by atoms with Crippen LogP contribution in [0.4, 0.5) is 0 Å². The summed E-state index contributed by atoms with van der Waals surface area (Å²) in [5.74, 6) is -1.90. The van der Waals surface area contributed by atoms with Crippen LogP contribution in [0.25, 0.3) is 11.1 Å². The van der Waals surface area contributed by atoms with E-state index in [4.69, 9.17) is 0 Å².